The van der Waals surface area contributed by atoms with Gasteiger partial charge in [0.25, 0.3) is 23.0 Å². The second-order valence-electron chi connectivity index (χ2n) is 32.6. The number of nitrogens with two attached hydrogens (primary N) is 1. The molecular weight excluding hydrogens is 1850 g/mol. The van der Waals surface area contributed by atoms with Gasteiger partial charge in [-0.3, -0.25) is 38.8 Å². The second kappa shape index (κ2) is 58.3. The van der Waals surface area contributed by atoms with Gasteiger partial charge in [0.15, 0.2) is 46.0 Å². The summed E-state index contributed by atoms with van der Waals surface area (Å²) in [6.07, 6.45) is 18.3. The van der Waals surface area contributed by atoms with Crippen molar-refractivity contribution in [2.24, 2.45) is 0 Å². The Balaban J connectivity index is 0.000000171. The van der Waals surface area contributed by atoms with Crippen molar-refractivity contribution in [3.63, 3.8) is 0 Å². The van der Waals surface area contributed by atoms with Gasteiger partial charge in [-0.15, -0.1) is 0 Å². The van der Waals surface area contributed by atoms with Gasteiger partial charge in [-0.2, -0.15) is 0 Å². The molecule has 0 saturated carbocycles. The Labute approximate surface area is 812 Å². The van der Waals surface area contributed by atoms with Crippen LogP contribution in [0.4, 0.5) is 28.4 Å². The summed E-state index contributed by atoms with van der Waals surface area (Å²) in [7, 11) is 8.25. The van der Waals surface area contributed by atoms with Gasteiger partial charge in [0, 0.05) is 123 Å². The Morgan fingerprint density at radius 3 is 0.963 bits per heavy atom. The molecule has 8 N–H and O–H groups in total. The maximum absolute atomic E-state index is 12.7. The van der Waals surface area contributed by atoms with Crippen molar-refractivity contribution in [3.05, 3.63) is 250 Å². The summed E-state index contributed by atoms with van der Waals surface area (Å²) in [5, 5.41) is 29.0. The molecule has 10 aromatic rings. The number of carbonyl (C=O) groups excluding carboxylic acids is 4. The van der Waals surface area contributed by atoms with E-state index in [0.29, 0.717) is 123 Å². The van der Waals surface area contributed by atoms with E-state index in [1.165, 1.54) is 122 Å². The molecule has 716 valence electrons. The van der Waals surface area contributed by atoms with E-state index in [2.05, 4.69) is 77.6 Å². The molecule has 6 heterocycles. The van der Waals surface area contributed by atoms with Crippen LogP contribution in [0.1, 0.15) is 131 Å². The highest BCUT2D eigenvalue weighted by Gasteiger charge is 2.21. The Bertz CT molecular complexity index is 5130. The third kappa shape index (κ3) is 36.3. The van der Waals surface area contributed by atoms with Gasteiger partial charge in [0.2, 0.25) is 0 Å². The standard InChI is InChI=1S/C27H30N2O4.C25H33N3O3.C20H23BrN2O3.C13H20N2O2.C7H9BO3.C7H4BrClO.C5H11N/c1-31-24-12-9-21(10-13-24)20-5-7-22(8-6-20)27(30)28-23-11-14-25(26(19-23)32-2)33-18-17-29-15-3-4-16-29;1-30-24-19-21(9-12-23(24)31-18-17-27-13-5-6-14-27)26-25(29)20-7-10-22(11-8-20)28-15-3-2-4-16-28;1-25-19-14-17(22-20(24)15-4-6-16(21)7-5-15)8-9-18(19)26-13-12-23-10-2-3-11-23;1-16-13-10-11(14)4-5-12(13)17-9-8-15-6-2-3-7-15;1-11-7-4-2-6(3-5-7)8(9)10;8-6-3-1-5(2-4-6)7(9)10;1-2-4-6-5-3-1/h5-14,19H,3-4,15-18H2,1-2H3,(H,28,30);7-12,19H,2-6,13-18H2,1H3,(H,26,29);4-9,14H,2-3,10-13H2,1H3,(H,22,24);4-5,10H,2-3,6-9,14H2,1H3;2-5,9-10H,1H3;1-4H;6H,1-5H2. The first-order valence-corrected chi connectivity index (χ1v) is 48.1. The van der Waals surface area contributed by atoms with Crippen molar-refractivity contribution >= 4 is 107 Å². The number of anilines is 5. The molecule has 134 heavy (non-hydrogen) atoms. The Morgan fingerprint density at radius 1 is 0.351 bits per heavy atom. The fourth-order valence-corrected chi connectivity index (χ4v) is 16.2. The van der Waals surface area contributed by atoms with Gasteiger partial charge >= 0.3 is 7.12 Å². The number of amides is 3. The number of halogens is 3. The third-order valence-corrected chi connectivity index (χ3v) is 24.4. The van der Waals surface area contributed by atoms with Crippen LogP contribution in [0.25, 0.3) is 11.1 Å². The van der Waals surface area contributed by atoms with Crippen molar-refractivity contribution in [1.82, 2.24) is 24.9 Å². The molecule has 30 heteroatoms. The van der Waals surface area contributed by atoms with E-state index < -0.39 is 12.4 Å². The number of hydrogen-bond acceptors (Lipinski definition) is 23. The second-order valence-corrected chi connectivity index (χ2v) is 34.8. The maximum Gasteiger partial charge on any atom is 0.488 e. The molecule has 0 atom stereocenters. The van der Waals surface area contributed by atoms with Gasteiger partial charge in [-0.1, -0.05) is 74.7 Å². The van der Waals surface area contributed by atoms with Gasteiger partial charge in [0.1, 0.15) is 37.9 Å². The number of methoxy groups -OCH3 is 6. The molecule has 0 bridgehead atoms. The number of carbonyl (C=O) groups is 4. The molecule has 6 aliphatic heterocycles. The van der Waals surface area contributed by atoms with Crippen molar-refractivity contribution in [3.8, 4) is 68.6 Å². The smallest absolute Gasteiger partial charge is 0.488 e. The number of nitrogens with one attached hydrogen (secondary N) is 4. The molecule has 0 aromatic heterocycles. The molecule has 6 aliphatic rings. The Hall–Kier alpha value is -11.1. The molecule has 26 nitrogen and oxygen atoms in total. The van der Waals surface area contributed by atoms with Crippen LogP contribution in [0.5, 0.6) is 57.5 Å². The Morgan fingerprint density at radius 2 is 0.649 bits per heavy atom. The molecule has 0 spiro atoms. The van der Waals surface area contributed by atoms with Crippen LogP contribution >= 0.6 is 43.5 Å². The summed E-state index contributed by atoms with van der Waals surface area (Å²) in [6, 6.07) is 65.8. The highest BCUT2D eigenvalue weighted by Crippen LogP contribution is 2.36. The van der Waals surface area contributed by atoms with Crippen LogP contribution in [0.15, 0.2) is 227 Å². The van der Waals surface area contributed by atoms with Crippen LogP contribution in [-0.4, -0.2) is 234 Å². The summed E-state index contributed by atoms with van der Waals surface area (Å²) < 4.78 is 57.0. The molecule has 0 unspecified atom stereocenters. The topological polar surface area (TPSA) is 291 Å². The number of nitrogens with zero attached hydrogens (tertiary/aromatic N) is 5. The fourth-order valence-electron chi connectivity index (χ4n) is 15.5. The lowest BCUT2D eigenvalue weighted by Crippen LogP contribution is -2.29. The SMILES string of the molecule is C1CCNCC1.COc1cc(N)ccc1OCCN1CCCC1.COc1cc(NC(=O)c2ccc(Br)cc2)ccc1OCCN1CCCC1.COc1cc(NC(=O)c2ccc(N3CCCCC3)cc2)ccc1OCCN1CCCC1.COc1ccc(-c2ccc(C(=O)Nc3ccc(OCCN4CCCC4)c(OC)c3)cc2)cc1.COc1ccc(B(O)O)cc1.O=C(Cl)c1ccc(Br)cc1. The van der Waals surface area contributed by atoms with Gasteiger partial charge < -0.3 is 89.3 Å². The normalized spacial score (nSPS) is 14.6. The molecular formula is C104H130BBr2ClN10O16. The minimum absolute atomic E-state index is 0.130. The number of piperidine rings is 2. The van der Waals surface area contributed by atoms with E-state index >= 15 is 0 Å². The zero-order chi connectivity index (χ0) is 95.0. The first kappa shape index (κ1) is 105. The predicted octanol–water partition coefficient (Wildman–Crippen LogP) is 18.4. The van der Waals surface area contributed by atoms with E-state index in [1.807, 2.05) is 140 Å². The molecule has 3 amide bonds. The first-order valence-electron chi connectivity index (χ1n) is 46.1. The third-order valence-electron chi connectivity index (χ3n) is 23.1. The fraction of sp³-hybridized carbons (Fsp3) is 0.385. The van der Waals surface area contributed by atoms with Crippen molar-refractivity contribution < 1.29 is 76.6 Å². The number of hydrogen-bond donors (Lipinski definition) is 7. The van der Waals surface area contributed by atoms with Crippen molar-refractivity contribution in [1.29, 1.82) is 0 Å². The maximum atomic E-state index is 12.7. The summed E-state index contributed by atoms with van der Waals surface area (Å²) >= 11 is 11.8. The number of ether oxygens (including phenoxy) is 10. The lowest BCUT2D eigenvalue weighted by molar-refractivity contribution is 0.101. The summed E-state index contributed by atoms with van der Waals surface area (Å²) in [4.78, 5) is 60.3. The number of nitrogen functional groups attached to an aromatic ring is 1. The van der Waals surface area contributed by atoms with Gasteiger partial charge in [-0.05, 0) is 335 Å². The van der Waals surface area contributed by atoms with E-state index in [0.717, 1.165) is 110 Å². The van der Waals surface area contributed by atoms with Gasteiger partial charge in [0.05, 0.1) is 42.7 Å². The monoisotopic (exact) mass is 1980 g/mol. The minimum Gasteiger partial charge on any atom is -0.497 e. The number of benzene rings is 10. The highest BCUT2D eigenvalue weighted by molar-refractivity contribution is 9.10. The van der Waals surface area contributed by atoms with E-state index in [-0.39, 0.29) is 17.7 Å². The molecule has 0 aliphatic carbocycles. The van der Waals surface area contributed by atoms with Crippen LogP contribution in [0.3, 0.4) is 0 Å². The Kier molecular flexibility index (Phi) is 45.6. The lowest BCUT2D eigenvalue weighted by atomic mass is 9.80. The average Bonchev–Trinajstić information content (AvgIpc) is 0.964. The molecule has 16 rings (SSSR count). The molecule has 6 fully saturated rings. The zero-order valence-electron chi connectivity index (χ0n) is 78.0. The summed E-state index contributed by atoms with van der Waals surface area (Å²) in [5.41, 5.74) is 14.5. The van der Waals surface area contributed by atoms with Gasteiger partial charge in [-0.25, -0.2) is 0 Å². The molecule has 6 saturated heterocycles. The predicted molar refractivity (Wildman–Crippen MR) is 544 cm³/mol. The minimum atomic E-state index is -1.40. The summed E-state index contributed by atoms with van der Waals surface area (Å²) in [5.74, 6) is 6.41. The van der Waals surface area contributed by atoms with E-state index in [4.69, 9.17) is 74.8 Å². The van der Waals surface area contributed by atoms with Crippen LogP contribution in [-0.2, 0) is 0 Å². The zero-order valence-corrected chi connectivity index (χ0v) is 81.9. The number of rotatable bonds is 32. The van der Waals surface area contributed by atoms with Crippen LogP contribution < -0.4 is 84.7 Å². The molecule has 10 aromatic carbocycles. The van der Waals surface area contributed by atoms with Crippen LogP contribution in [0, 0.1) is 0 Å². The molecule has 0 radical (unpaired) electrons. The largest absolute Gasteiger partial charge is 0.497 e. The number of likely N-dealkylation sites (tertiary alicyclic amines) is 4. The lowest BCUT2D eigenvalue weighted by Gasteiger charge is -2.28. The average molecular weight is 1980 g/mol. The summed E-state index contributed by atoms with van der Waals surface area (Å²) in [6.45, 7) is 20.3. The van der Waals surface area contributed by atoms with Crippen molar-refractivity contribution in [2.75, 3.05) is 200 Å². The van der Waals surface area contributed by atoms with Crippen LogP contribution in [0.2, 0.25) is 0 Å². The van der Waals surface area contributed by atoms with Crippen molar-refractivity contribution in [2.45, 2.75) is 89.9 Å². The van der Waals surface area contributed by atoms with E-state index in [9.17, 15) is 19.2 Å². The van der Waals surface area contributed by atoms with E-state index in [1.54, 1.807) is 122 Å². The first-order chi connectivity index (χ1) is 65.3. The highest BCUT2D eigenvalue weighted by atomic mass is 79.9. The quantitative estimate of drug-likeness (QED) is 0.0117.